The summed E-state index contributed by atoms with van der Waals surface area (Å²) in [6.45, 7) is 0.601. The lowest BCUT2D eigenvalue weighted by molar-refractivity contribution is 0.0768. The Hall–Kier alpha value is -1.76. The minimum atomic E-state index is -0.339. The van der Waals surface area contributed by atoms with Gasteiger partial charge in [-0.15, -0.1) is 0 Å². The van der Waals surface area contributed by atoms with Gasteiger partial charge in [0.2, 0.25) is 0 Å². The molecule has 1 atom stereocenters. The third-order valence-electron chi connectivity index (χ3n) is 3.37. The summed E-state index contributed by atoms with van der Waals surface area (Å²) in [6, 6.07) is 4.80. The van der Waals surface area contributed by atoms with E-state index in [4.69, 9.17) is 15.7 Å². The first-order chi connectivity index (χ1) is 9.58. The van der Waals surface area contributed by atoms with Crippen molar-refractivity contribution < 1.29 is 14.7 Å². The number of amidine groups is 1. The van der Waals surface area contributed by atoms with Gasteiger partial charge in [-0.3, -0.25) is 4.79 Å². The molecule has 0 aliphatic carbocycles. The number of benzene rings is 1. The minimum Gasteiger partial charge on any atom is -0.496 e. The van der Waals surface area contributed by atoms with Crippen molar-refractivity contribution in [3.05, 3.63) is 28.2 Å². The lowest BCUT2D eigenvalue weighted by atomic mass is 10.1. The fourth-order valence-corrected chi connectivity index (χ4v) is 2.89. The zero-order chi connectivity index (χ0) is 14.7. The maximum absolute atomic E-state index is 12.5. The fourth-order valence-electron chi connectivity index (χ4n) is 2.35. The van der Waals surface area contributed by atoms with E-state index in [9.17, 15) is 4.79 Å². The van der Waals surface area contributed by atoms with Crippen LogP contribution in [0.3, 0.4) is 0 Å². The molecule has 3 N–H and O–H groups in total. The summed E-state index contributed by atoms with van der Waals surface area (Å²) in [6.07, 6.45) is 1.54. The van der Waals surface area contributed by atoms with Gasteiger partial charge in [0.25, 0.3) is 5.91 Å². The molecule has 1 unspecified atom stereocenters. The molecule has 1 fully saturated rings. The van der Waals surface area contributed by atoms with Gasteiger partial charge < -0.3 is 20.6 Å². The van der Waals surface area contributed by atoms with Crippen LogP contribution in [0.15, 0.2) is 27.8 Å². The van der Waals surface area contributed by atoms with Crippen LogP contribution in [0.2, 0.25) is 0 Å². The fraction of sp³-hybridized carbons (Fsp3) is 0.385. The molecule has 1 heterocycles. The molecule has 0 radical (unpaired) electrons. The quantitative estimate of drug-likeness (QED) is 0.380. The zero-order valence-electron chi connectivity index (χ0n) is 11.0. The van der Waals surface area contributed by atoms with Crippen molar-refractivity contribution in [2.24, 2.45) is 10.9 Å². The van der Waals surface area contributed by atoms with Crippen molar-refractivity contribution in [2.45, 2.75) is 18.9 Å². The van der Waals surface area contributed by atoms with Crippen LogP contribution in [0.1, 0.15) is 23.2 Å². The molecule has 1 aliphatic rings. The maximum atomic E-state index is 12.5. The molecule has 2 rings (SSSR count). The van der Waals surface area contributed by atoms with Gasteiger partial charge >= 0.3 is 0 Å². The summed E-state index contributed by atoms with van der Waals surface area (Å²) in [5.74, 6) is 0.599. The molecule has 1 saturated heterocycles. The number of carbonyl (C=O) groups excluding carboxylic acids is 1. The number of halogens is 1. The molecule has 0 bridgehead atoms. The number of ether oxygens (including phenoxy) is 1. The van der Waals surface area contributed by atoms with E-state index in [0.29, 0.717) is 28.8 Å². The molecular weight excluding hydrogens is 326 g/mol. The lowest BCUT2D eigenvalue weighted by Gasteiger charge is -2.23. The number of amides is 1. The van der Waals surface area contributed by atoms with Crippen LogP contribution in [0.4, 0.5) is 0 Å². The molecule has 0 spiro atoms. The highest BCUT2D eigenvalue weighted by Gasteiger charge is 2.32. The summed E-state index contributed by atoms with van der Waals surface area (Å²) in [5, 5.41) is 11.8. The van der Waals surface area contributed by atoms with Crippen molar-refractivity contribution in [3.63, 3.8) is 0 Å². The van der Waals surface area contributed by atoms with Gasteiger partial charge in [0.15, 0.2) is 5.84 Å². The molecule has 1 aromatic rings. The average Bonchev–Trinajstić information content (AvgIpc) is 2.94. The zero-order valence-corrected chi connectivity index (χ0v) is 12.6. The second-order valence-corrected chi connectivity index (χ2v) is 5.39. The predicted molar refractivity (Wildman–Crippen MR) is 78.2 cm³/mol. The van der Waals surface area contributed by atoms with Crippen LogP contribution >= 0.6 is 15.9 Å². The Bertz CT molecular complexity index is 548. The Morgan fingerprint density at radius 2 is 2.35 bits per heavy atom. The SMILES string of the molecule is COc1ccc(C(=O)N2CCCC2C(N)=NO)cc1Br. The van der Waals surface area contributed by atoms with Gasteiger partial charge in [-0.05, 0) is 47.0 Å². The van der Waals surface area contributed by atoms with Crippen LogP contribution in [-0.2, 0) is 0 Å². The van der Waals surface area contributed by atoms with E-state index in [-0.39, 0.29) is 17.8 Å². The highest BCUT2D eigenvalue weighted by molar-refractivity contribution is 9.10. The topological polar surface area (TPSA) is 88.2 Å². The Kier molecular flexibility index (Phi) is 4.49. The van der Waals surface area contributed by atoms with E-state index in [0.717, 1.165) is 6.42 Å². The van der Waals surface area contributed by atoms with Crippen molar-refractivity contribution in [2.75, 3.05) is 13.7 Å². The van der Waals surface area contributed by atoms with Crippen molar-refractivity contribution in [3.8, 4) is 5.75 Å². The number of nitrogens with zero attached hydrogens (tertiary/aromatic N) is 2. The van der Waals surface area contributed by atoms with Crippen LogP contribution in [0, 0.1) is 0 Å². The molecule has 108 valence electrons. The number of nitrogens with two attached hydrogens (primary N) is 1. The lowest BCUT2D eigenvalue weighted by Crippen LogP contribution is -2.43. The Morgan fingerprint density at radius 1 is 1.60 bits per heavy atom. The molecule has 1 aromatic carbocycles. The van der Waals surface area contributed by atoms with Gasteiger partial charge in [-0.1, -0.05) is 5.16 Å². The van der Waals surface area contributed by atoms with Crippen molar-refractivity contribution in [1.82, 2.24) is 4.90 Å². The van der Waals surface area contributed by atoms with E-state index >= 15 is 0 Å². The molecule has 0 aromatic heterocycles. The smallest absolute Gasteiger partial charge is 0.254 e. The van der Waals surface area contributed by atoms with Crippen molar-refractivity contribution >= 4 is 27.7 Å². The monoisotopic (exact) mass is 341 g/mol. The highest BCUT2D eigenvalue weighted by atomic mass is 79.9. The molecular formula is C13H16BrN3O3. The number of carbonyl (C=O) groups is 1. The molecule has 1 aliphatic heterocycles. The molecule has 6 nitrogen and oxygen atoms in total. The summed E-state index contributed by atoms with van der Waals surface area (Å²) < 4.78 is 5.85. The van der Waals surface area contributed by atoms with Crippen LogP contribution in [-0.4, -0.2) is 41.5 Å². The van der Waals surface area contributed by atoms with Crippen molar-refractivity contribution in [1.29, 1.82) is 0 Å². The summed E-state index contributed by atoms with van der Waals surface area (Å²) >= 11 is 3.36. The summed E-state index contributed by atoms with van der Waals surface area (Å²) in [7, 11) is 1.57. The molecule has 1 amide bonds. The molecule has 7 heteroatoms. The predicted octanol–water partition coefficient (Wildman–Crippen LogP) is 1.81. The average molecular weight is 342 g/mol. The summed E-state index contributed by atoms with van der Waals surface area (Å²) in [5.41, 5.74) is 6.17. The highest BCUT2D eigenvalue weighted by Crippen LogP contribution is 2.27. The van der Waals surface area contributed by atoms with Gasteiger partial charge in [0.1, 0.15) is 5.75 Å². The van der Waals surface area contributed by atoms with Crippen LogP contribution in [0.5, 0.6) is 5.75 Å². The van der Waals surface area contributed by atoms with E-state index in [1.807, 2.05) is 0 Å². The van der Waals surface area contributed by atoms with Gasteiger partial charge in [-0.2, -0.15) is 0 Å². The normalized spacial score (nSPS) is 19.2. The number of methoxy groups -OCH3 is 1. The Morgan fingerprint density at radius 3 is 2.95 bits per heavy atom. The second kappa shape index (κ2) is 6.13. The summed E-state index contributed by atoms with van der Waals surface area (Å²) in [4.78, 5) is 14.1. The second-order valence-electron chi connectivity index (χ2n) is 4.53. The van der Waals surface area contributed by atoms with Crippen LogP contribution in [0.25, 0.3) is 0 Å². The van der Waals surface area contributed by atoms with E-state index in [1.165, 1.54) is 0 Å². The number of likely N-dealkylation sites (tertiary alicyclic amines) is 1. The first kappa shape index (κ1) is 14.6. The maximum Gasteiger partial charge on any atom is 0.254 e. The van der Waals surface area contributed by atoms with Gasteiger partial charge in [0, 0.05) is 12.1 Å². The van der Waals surface area contributed by atoms with Gasteiger partial charge in [-0.25, -0.2) is 0 Å². The number of rotatable bonds is 3. The Labute approximate surface area is 125 Å². The number of hydrogen-bond acceptors (Lipinski definition) is 4. The van der Waals surface area contributed by atoms with E-state index < -0.39 is 0 Å². The number of hydrogen-bond donors (Lipinski definition) is 2. The number of oxime groups is 1. The first-order valence-corrected chi connectivity index (χ1v) is 6.99. The first-order valence-electron chi connectivity index (χ1n) is 6.20. The van der Waals surface area contributed by atoms with Crippen LogP contribution < -0.4 is 10.5 Å². The van der Waals surface area contributed by atoms with E-state index in [1.54, 1.807) is 30.2 Å². The molecule has 0 saturated carbocycles. The van der Waals surface area contributed by atoms with Gasteiger partial charge in [0.05, 0.1) is 17.6 Å². The van der Waals surface area contributed by atoms with E-state index in [2.05, 4.69) is 21.1 Å². The standard InChI is InChI=1S/C13H16BrN3O3/c1-20-11-5-4-8(7-9(11)14)13(18)17-6-2-3-10(17)12(15)16-19/h4-5,7,10,19H,2-3,6H2,1H3,(H2,15,16). The largest absolute Gasteiger partial charge is 0.496 e. The Balaban J connectivity index is 2.24. The third kappa shape index (κ3) is 2.72. The minimum absolute atomic E-state index is 0.0726. The molecule has 20 heavy (non-hydrogen) atoms. The third-order valence-corrected chi connectivity index (χ3v) is 3.99.